The van der Waals surface area contributed by atoms with Gasteiger partial charge in [-0.15, -0.1) is 11.3 Å². The van der Waals surface area contributed by atoms with Crippen LogP contribution in [0.25, 0.3) is 0 Å². The lowest BCUT2D eigenvalue weighted by molar-refractivity contribution is -0.131. The zero-order valence-electron chi connectivity index (χ0n) is 13.3. The van der Waals surface area contributed by atoms with Gasteiger partial charge in [-0.2, -0.15) is 5.10 Å². The van der Waals surface area contributed by atoms with Crippen LogP contribution in [0.4, 0.5) is 0 Å². The Hall–Kier alpha value is -2.19. The lowest BCUT2D eigenvalue weighted by atomic mass is 9.87. The van der Waals surface area contributed by atoms with Gasteiger partial charge in [-0.05, 0) is 43.4 Å². The predicted molar refractivity (Wildman–Crippen MR) is 92.0 cm³/mol. The Kier molecular flexibility index (Phi) is 5.27. The summed E-state index contributed by atoms with van der Waals surface area (Å²) in [5.74, 6) is -0.152. The number of nitrogens with one attached hydrogen (secondary N) is 3. The molecule has 24 heavy (non-hydrogen) atoms. The van der Waals surface area contributed by atoms with Crippen molar-refractivity contribution in [3.05, 3.63) is 40.8 Å². The number of rotatable bonds is 6. The highest BCUT2D eigenvalue weighted by Crippen LogP contribution is 2.26. The molecule has 2 aromatic rings. The molecule has 0 unspecified atom stereocenters. The van der Waals surface area contributed by atoms with Gasteiger partial charge in [0.1, 0.15) is 5.54 Å². The molecule has 3 rings (SSSR count). The lowest BCUT2D eigenvalue weighted by Gasteiger charge is -2.36. The van der Waals surface area contributed by atoms with Crippen LogP contribution in [0.15, 0.2) is 36.0 Å². The molecule has 1 fully saturated rings. The number of hydrogen-bond donors (Lipinski definition) is 3. The molecule has 0 aliphatic carbocycles. The van der Waals surface area contributed by atoms with Gasteiger partial charge in [0.15, 0.2) is 0 Å². The summed E-state index contributed by atoms with van der Waals surface area (Å²) < 4.78 is 1.76. The van der Waals surface area contributed by atoms with Crippen LogP contribution in [0, 0.1) is 0 Å². The van der Waals surface area contributed by atoms with Crippen molar-refractivity contribution in [1.82, 2.24) is 25.7 Å². The van der Waals surface area contributed by atoms with Crippen LogP contribution in [0.5, 0.6) is 0 Å². The number of carbonyl (C=O) groups is 2. The highest BCUT2D eigenvalue weighted by atomic mass is 32.1. The summed E-state index contributed by atoms with van der Waals surface area (Å²) >= 11 is 1.40. The van der Waals surface area contributed by atoms with Crippen LogP contribution in [0.1, 0.15) is 22.5 Å². The van der Waals surface area contributed by atoms with Gasteiger partial charge in [0.25, 0.3) is 5.91 Å². The van der Waals surface area contributed by atoms with E-state index < -0.39 is 5.54 Å². The average Bonchev–Trinajstić information content (AvgIpc) is 3.32. The van der Waals surface area contributed by atoms with Gasteiger partial charge < -0.3 is 16.0 Å². The zero-order valence-corrected chi connectivity index (χ0v) is 14.1. The minimum Gasteiger partial charge on any atom is -0.352 e. The summed E-state index contributed by atoms with van der Waals surface area (Å²) in [4.78, 5) is 25.3. The van der Waals surface area contributed by atoms with E-state index in [1.54, 1.807) is 16.9 Å². The van der Waals surface area contributed by atoms with Gasteiger partial charge in [0.2, 0.25) is 5.91 Å². The molecule has 3 N–H and O–H groups in total. The van der Waals surface area contributed by atoms with E-state index in [4.69, 9.17) is 0 Å². The van der Waals surface area contributed by atoms with Crippen molar-refractivity contribution in [3.63, 3.8) is 0 Å². The van der Waals surface area contributed by atoms with Crippen LogP contribution in [0.2, 0.25) is 0 Å². The Bertz CT molecular complexity index is 663. The molecule has 1 aliphatic heterocycles. The predicted octanol–water partition coefficient (Wildman–Crippen LogP) is 0.570. The summed E-state index contributed by atoms with van der Waals surface area (Å²) in [6.07, 6.45) is 4.92. The molecule has 8 heteroatoms. The fraction of sp³-hybridized carbons (Fsp3) is 0.438. The molecule has 0 spiro atoms. The number of amides is 2. The minimum atomic E-state index is -0.646. The van der Waals surface area contributed by atoms with E-state index in [1.165, 1.54) is 11.3 Å². The first-order valence-corrected chi connectivity index (χ1v) is 8.91. The standard InChI is InChI=1S/C16H21N5O2S/c22-14(13-3-1-12-24-13)18-9-10-19-15(23)16(4-7-17-8-5-16)21-11-2-6-20-21/h1-3,6,11-12,17H,4-5,7-10H2,(H,18,22)(H,19,23). The normalized spacial score (nSPS) is 16.5. The zero-order chi connectivity index (χ0) is 16.8. The molecule has 0 atom stereocenters. The highest BCUT2D eigenvalue weighted by Gasteiger charge is 2.41. The molecular weight excluding hydrogens is 326 g/mol. The highest BCUT2D eigenvalue weighted by molar-refractivity contribution is 7.12. The summed E-state index contributed by atoms with van der Waals surface area (Å²) in [7, 11) is 0. The first-order valence-electron chi connectivity index (χ1n) is 8.03. The van der Waals surface area contributed by atoms with Crippen molar-refractivity contribution in [2.75, 3.05) is 26.2 Å². The molecule has 0 aromatic carbocycles. The third-order valence-electron chi connectivity index (χ3n) is 4.24. The third kappa shape index (κ3) is 3.49. The summed E-state index contributed by atoms with van der Waals surface area (Å²) in [5, 5.41) is 15.2. The second-order valence-corrected chi connectivity index (χ2v) is 6.67. The smallest absolute Gasteiger partial charge is 0.261 e. The first-order chi connectivity index (χ1) is 11.7. The molecule has 0 saturated carbocycles. The maximum Gasteiger partial charge on any atom is 0.261 e. The fourth-order valence-electron chi connectivity index (χ4n) is 2.93. The molecule has 0 radical (unpaired) electrons. The van der Waals surface area contributed by atoms with Crippen LogP contribution in [-0.4, -0.2) is 47.8 Å². The molecule has 2 aromatic heterocycles. The SMILES string of the molecule is O=C(NCCNC(=O)C1(n2cccn2)CCNCC1)c1cccs1. The van der Waals surface area contributed by atoms with Crippen LogP contribution in [-0.2, 0) is 10.3 Å². The Morgan fingerprint density at radius 1 is 1.25 bits per heavy atom. The van der Waals surface area contributed by atoms with Crippen molar-refractivity contribution in [1.29, 1.82) is 0 Å². The lowest BCUT2D eigenvalue weighted by Crippen LogP contribution is -2.55. The Morgan fingerprint density at radius 3 is 2.71 bits per heavy atom. The van der Waals surface area contributed by atoms with Crippen LogP contribution in [0.3, 0.4) is 0 Å². The van der Waals surface area contributed by atoms with Crippen molar-refractivity contribution >= 4 is 23.2 Å². The van der Waals surface area contributed by atoms with Gasteiger partial charge in [0.05, 0.1) is 4.88 Å². The molecule has 2 amide bonds. The average molecular weight is 347 g/mol. The third-order valence-corrected chi connectivity index (χ3v) is 5.11. The van der Waals surface area contributed by atoms with Gasteiger partial charge in [-0.25, -0.2) is 0 Å². The van der Waals surface area contributed by atoms with Crippen LogP contribution < -0.4 is 16.0 Å². The molecule has 3 heterocycles. The van der Waals surface area contributed by atoms with Gasteiger partial charge in [-0.1, -0.05) is 6.07 Å². The van der Waals surface area contributed by atoms with E-state index in [-0.39, 0.29) is 11.8 Å². The molecule has 0 bridgehead atoms. The molecule has 1 aliphatic rings. The number of carbonyl (C=O) groups excluding carboxylic acids is 2. The Balaban J connectivity index is 1.54. The second-order valence-electron chi connectivity index (χ2n) is 5.72. The Labute approximate surface area is 144 Å². The fourth-order valence-corrected chi connectivity index (χ4v) is 3.57. The van der Waals surface area contributed by atoms with E-state index in [1.807, 2.05) is 23.7 Å². The van der Waals surface area contributed by atoms with Gasteiger partial charge in [-0.3, -0.25) is 14.3 Å². The molecule has 1 saturated heterocycles. The second kappa shape index (κ2) is 7.59. The Morgan fingerprint density at radius 2 is 2.04 bits per heavy atom. The van der Waals surface area contributed by atoms with E-state index in [0.717, 1.165) is 13.1 Å². The number of piperidine rings is 1. The maximum atomic E-state index is 12.8. The topological polar surface area (TPSA) is 88.1 Å². The molecule has 128 valence electrons. The number of hydrogen-bond acceptors (Lipinski definition) is 5. The summed E-state index contributed by atoms with van der Waals surface area (Å²) in [5.41, 5.74) is -0.646. The van der Waals surface area contributed by atoms with E-state index in [2.05, 4.69) is 21.0 Å². The van der Waals surface area contributed by atoms with E-state index >= 15 is 0 Å². The summed E-state index contributed by atoms with van der Waals surface area (Å²) in [6.45, 7) is 2.35. The van der Waals surface area contributed by atoms with E-state index in [0.29, 0.717) is 30.8 Å². The number of thiophene rings is 1. The summed E-state index contributed by atoms with van der Waals surface area (Å²) in [6, 6.07) is 5.45. The number of nitrogens with zero attached hydrogens (tertiary/aromatic N) is 2. The van der Waals surface area contributed by atoms with Crippen LogP contribution >= 0.6 is 11.3 Å². The maximum absolute atomic E-state index is 12.8. The number of aromatic nitrogens is 2. The molecular formula is C16H21N5O2S. The van der Waals surface area contributed by atoms with Crippen molar-refractivity contribution in [3.8, 4) is 0 Å². The van der Waals surface area contributed by atoms with Crippen molar-refractivity contribution in [2.24, 2.45) is 0 Å². The monoisotopic (exact) mass is 347 g/mol. The van der Waals surface area contributed by atoms with Gasteiger partial charge >= 0.3 is 0 Å². The van der Waals surface area contributed by atoms with Crippen molar-refractivity contribution < 1.29 is 9.59 Å². The molecule has 7 nitrogen and oxygen atoms in total. The van der Waals surface area contributed by atoms with Gasteiger partial charge in [0, 0.05) is 25.5 Å². The quantitative estimate of drug-likeness (QED) is 0.667. The van der Waals surface area contributed by atoms with E-state index in [9.17, 15) is 9.59 Å². The largest absolute Gasteiger partial charge is 0.352 e. The van der Waals surface area contributed by atoms with Crippen molar-refractivity contribution in [2.45, 2.75) is 18.4 Å². The minimum absolute atomic E-state index is 0.0435. The first kappa shape index (κ1) is 16.7.